The average Bonchev–Trinajstić information content (AvgIpc) is 2.61. The van der Waals surface area contributed by atoms with E-state index in [1.54, 1.807) is 30.3 Å². The molecule has 0 radical (unpaired) electrons. The Morgan fingerprint density at radius 3 is 1.80 bits per heavy atom. The summed E-state index contributed by atoms with van der Waals surface area (Å²) < 4.78 is 31.9. The summed E-state index contributed by atoms with van der Waals surface area (Å²) in [4.78, 5) is 12.2. The summed E-state index contributed by atoms with van der Waals surface area (Å²) in [5, 5.41) is 0. The number of halogens is 2. The second-order valence-electron chi connectivity index (χ2n) is 5.67. The van der Waals surface area contributed by atoms with Crippen LogP contribution in [0, 0.1) is 11.6 Å². The van der Waals surface area contributed by atoms with Crippen molar-refractivity contribution in [2.75, 3.05) is 7.11 Å². The van der Waals surface area contributed by atoms with Gasteiger partial charge in [0.2, 0.25) is 0 Å². The Kier molecular flexibility index (Phi) is 4.61. The van der Waals surface area contributed by atoms with Crippen molar-refractivity contribution in [1.82, 2.24) is 0 Å². The molecule has 0 fully saturated rings. The topological polar surface area (TPSA) is 26.3 Å². The van der Waals surface area contributed by atoms with Gasteiger partial charge in [0, 0.05) is 0 Å². The maximum absolute atomic E-state index is 13.3. The lowest BCUT2D eigenvalue weighted by atomic mass is 9.92. The summed E-state index contributed by atoms with van der Waals surface area (Å²) in [6.45, 7) is 1.46. The summed E-state index contributed by atoms with van der Waals surface area (Å²) >= 11 is 0. The van der Waals surface area contributed by atoms with Crippen LogP contribution >= 0.6 is 0 Å². The molecule has 4 heteroatoms. The fourth-order valence-corrected chi connectivity index (χ4v) is 2.81. The number of Topliss-reactive ketones (excluding diaryl/α,β-unsaturated/α-hetero) is 1. The lowest BCUT2D eigenvalue weighted by Gasteiger charge is -2.15. The van der Waals surface area contributed by atoms with Gasteiger partial charge >= 0.3 is 0 Å². The third-order valence-corrected chi connectivity index (χ3v) is 4.01. The van der Waals surface area contributed by atoms with E-state index < -0.39 is 0 Å². The van der Waals surface area contributed by atoms with E-state index in [0.29, 0.717) is 22.4 Å². The first-order valence-corrected chi connectivity index (χ1v) is 7.74. The van der Waals surface area contributed by atoms with Gasteiger partial charge in [0.25, 0.3) is 0 Å². The van der Waals surface area contributed by atoms with Crippen LogP contribution in [0.1, 0.15) is 17.3 Å². The van der Waals surface area contributed by atoms with Crippen molar-refractivity contribution >= 4 is 5.78 Å². The molecule has 3 aromatic rings. The van der Waals surface area contributed by atoms with Crippen LogP contribution in [-0.2, 0) is 0 Å². The molecule has 0 aromatic heterocycles. The minimum absolute atomic E-state index is 0.151. The van der Waals surface area contributed by atoms with Crippen LogP contribution in [0.25, 0.3) is 22.3 Å². The summed E-state index contributed by atoms with van der Waals surface area (Å²) in [5.74, 6) is -0.403. The first kappa shape index (κ1) is 16.8. The van der Waals surface area contributed by atoms with E-state index >= 15 is 0 Å². The Balaban J connectivity index is 2.26. The second-order valence-corrected chi connectivity index (χ2v) is 5.67. The Morgan fingerprint density at radius 1 is 0.800 bits per heavy atom. The predicted octanol–water partition coefficient (Wildman–Crippen LogP) is 5.51. The highest BCUT2D eigenvalue weighted by atomic mass is 19.1. The quantitative estimate of drug-likeness (QED) is 0.586. The smallest absolute Gasteiger partial charge is 0.164 e. The molecule has 2 nitrogen and oxygen atoms in total. The average molecular weight is 338 g/mol. The molecule has 25 heavy (non-hydrogen) atoms. The highest BCUT2D eigenvalue weighted by Crippen LogP contribution is 2.36. The fraction of sp³-hybridized carbons (Fsp3) is 0.0952. The Hall–Kier alpha value is -3.01. The maximum Gasteiger partial charge on any atom is 0.164 e. The second kappa shape index (κ2) is 6.85. The van der Waals surface area contributed by atoms with Crippen LogP contribution in [0.5, 0.6) is 5.75 Å². The van der Waals surface area contributed by atoms with E-state index in [0.717, 1.165) is 11.1 Å². The van der Waals surface area contributed by atoms with Gasteiger partial charge in [-0.3, -0.25) is 4.79 Å². The monoisotopic (exact) mass is 338 g/mol. The molecule has 3 aromatic carbocycles. The van der Waals surface area contributed by atoms with Gasteiger partial charge in [0.1, 0.15) is 17.4 Å². The maximum atomic E-state index is 13.3. The van der Waals surface area contributed by atoms with Crippen LogP contribution in [-0.4, -0.2) is 12.9 Å². The zero-order chi connectivity index (χ0) is 18.0. The van der Waals surface area contributed by atoms with E-state index in [1.807, 2.05) is 6.07 Å². The van der Waals surface area contributed by atoms with Crippen LogP contribution in [0.15, 0.2) is 60.7 Å². The van der Waals surface area contributed by atoms with Gasteiger partial charge in [-0.25, -0.2) is 8.78 Å². The van der Waals surface area contributed by atoms with Gasteiger partial charge < -0.3 is 4.74 Å². The van der Waals surface area contributed by atoms with Crippen molar-refractivity contribution < 1.29 is 18.3 Å². The van der Waals surface area contributed by atoms with Crippen molar-refractivity contribution in [2.24, 2.45) is 0 Å². The van der Waals surface area contributed by atoms with Crippen LogP contribution < -0.4 is 4.74 Å². The van der Waals surface area contributed by atoms with Crippen molar-refractivity contribution in [3.05, 3.63) is 77.9 Å². The first-order chi connectivity index (χ1) is 12.0. The third kappa shape index (κ3) is 3.43. The number of carbonyl (C=O) groups is 1. The van der Waals surface area contributed by atoms with E-state index in [9.17, 15) is 13.6 Å². The number of benzene rings is 3. The molecule has 0 spiro atoms. The molecule has 0 atom stereocenters. The number of ketones is 1. The van der Waals surface area contributed by atoms with Gasteiger partial charge in [-0.15, -0.1) is 0 Å². The number of hydrogen-bond donors (Lipinski definition) is 0. The van der Waals surface area contributed by atoms with E-state index in [4.69, 9.17) is 4.74 Å². The Bertz CT molecular complexity index is 914. The SMILES string of the molecule is COc1cc(-c2ccc(F)cc2)cc(-c2ccc(F)cc2)c1C(C)=O. The molecule has 126 valence electrons. The fourth-order valence-electron chi connectivity index (χ4n) is 2.81. The standard InChI is InChI=1S/C21H16F2O2/c1-13(24)21-19(15-5-9-18(23)10-6-15)11-16(12-20(21)25-2)14-3-7-17(22)8-4-14/h3-12H,1-2H3. The Morgan fingerprint density at radius 2 is 1.32 bits per heavy atom. The van der Waals surface area contributed by atoms with E-state index in [2.05, 4.69) is 0 Å². The molecule has 0 aliphatic heterocycles. The Labute approximate surface area is 144 Å². The molecular weight excluding hydrogens is 322 g/mol. The van der Waals surface area contributed by atoms with Crippen molar-refractivity contribution in [1.29, 1.82) is 0 Å². The van der Waals surface area contributed by atoms with E-state index in [1.165, 1.54) is 38.3 Å². The molecule has 0 saturated heterocycles. The van der Waals surface area contributed by atoms with Gasteiger partial charge in [-0.05, 0) is 65.6 Å². The van der Waals surface area contributed by atoms with Gasteiger partial charge in [-0.1, -0.05) is 24.3 Å². The molecule has 0 aliphatic carbocycles. The summed E-state index contributed by atoms with van der Waals surface area (Å²) in [5.41, 5.74) is 3.35. The zero-order valence-electron chi connectivity index (χ0n) is 13.8. The molecular formula is C21H16F2O2. The highest BCUT2D eigenvalue weighted by Gasteiger charge is 2.18. The normalized spacial score (nSPS) is 10.6. The predicted molar refractivity (Wildman–Crippen MR) is 93.8 cm³/mol. The number of ether oxygens (including phenoxy) is 1. The molecule has 0 N–H and O–H groups in total. The van der Waals surface area contributed by atoms with Gasteiger partial charge in [-0.2, -0.15) is 0 Å². The van der Waals surface area contributed by atoms with Crippen LogP contribution in [0.3, 0.4) is 0 Å². The molecule has 0 aliphatic rings. The minimum Gasteiger partial charge on any atom is -0.496 e. The summed E-state index contributed by atoms with van der Waals surface area (Å²) in [6.07, 6.45) is 0. The number of carbonyl (C=O) groups excluding carboxylic acids is 1. The highest BCUT2D eigenvalue weighted by molar-refractivity contribution is 6.04. The molecule has 0 amide bonds. The zero-order valence-corrected chi connectivity index (χ0v) is 13.8. The minimum atomic E-state index is -0.352. The van der Waals surface area contributed by atoms with Crippen LogP contribution in [0.2, 0.25) is 0 Å². The molecule has 0 unspecified atom stereocenters. The molecule has 0 heterocycles. The molecule has 0 bridgehead atoms. The lowest BCUT2D eigenvalue weighted by molar-refractivity contribution is 0.101. The molecule has 3 rings (SSSR count). The third-order valence-electron chi connectivity index (χ3n) is 4.01. The number of hydrogen-bond acceptors (Lipinski definition) is 2. The summed E-state index contributed by atoms with van der Waals surface area (Å²) in [7, 11) is 1.49. The van der Waals surface area contributed by atoms with Crippen molar-refractivity contribution in [3.8, 4) is 28.0 Å². The first-order valence-electron chi connectivity index (χ1n) is 7.74. The number of methoxy groups -OCH3 is 1. The lowest BCUT2D eigenvalue weighted by Crippen LogP contribution is -2.02. The molecule has 0 saturated carbocycles. The van der Waals surface area contributed by atoms with Crippen molar-refractivity contribution in [3.63, 3.8) is 0 Å². The van der Waals surface area contributed by atoms with Crippen molar-refractivity contribution in [2.45, 2.75) is 6.92 Å². The van der Waals surface area contributed by atoms with Gasteiger partial charge in [0.05, 0.1) is 12.7 Å². The van der Waals surface area contributed by atoms with Crippen LogP contribution in [0.4, 0.5) is 8.78 Å². The van der Waals surface area contributed by atoms with Gasteiger partial charge in [0.15, 0.2) is 5.78 Å². The summed E-state index contributed by atoms with van der Waals surface area (Å²) in [6, 6.07) is 15.6. The van der Waals surface area contributed by atoms with E-state index in [-0.39, 0.29) is 17.4 Å². The largest absolute Gasteiger partial charge is 0.496 e. The number of rotatable bonds is 4.